The summed E-state index contributed by atoms with van der Waals surface area (Å²) in [5, 5.41) is 10.0. The van der Waals surface area contributed by atoms with Gasteiger partial charge >= 0.3 is 0 Å². The minimum absolute atomic E-state index is 0.921. The van der Waals surface area contributed by atoms with Gasteiger partial charge in [0.2, 0.25) is 0 Å². The van der Waals surface area contributed by atoms with Gasteiger partial charge in [0.25, 0.3) is 0 Å². The lowest BCUT2D eigenvalue weighted by atomic mass is 10.2. The second kappa shape index (κ2) is 7.35. The van der Waals surface area contributed by atoms with Gasteiger partial charge in [0.15, 0.2) is 0 Å². The van der Waals surface area contributed by atoms with E-state index in [4.69, 9.17) is 5.41 Å². The topological polar surface area (TPSA) is 35.9 Å². The van der Waals surface area contributed by atoms with Crippen molar-refractivity contribution in [2.75, 3.05) is 12.4 Å². The Hall–Kier alpha value is -1.31. The SMILES string of the molecule is CCC.CNc1ccccc1C=N. The fourth-order valence-electron chi connectivity index (χ4n) is 0.851. The van der Waals surface area contributed by atoms with Gasteiger partial charge in [0.05, 0.1) is 0 Å². The number of para-hydroxylation sites is 1. The molecule has 2 nitrogen and oxygen atoms in total. The van der Waals surface area contributed by atoms with Crippen LogP contribution in [0.5, 0.6) is 0 Å². The summed E-state index contributed by atoms with van der Waals surface area (Å²) in [5.74, 6) is 0. The van der Waals surface area contributed by atoms with Crippen molar-refractivity contribution in [3.8, 4) is 0 Å². The number of nitrogens with one attached hydrogen (secondary N) is 2. The van der Waals surface area contributed by atoms with Gasteiger partial charge in [0, 0.05) is 24.5 Å². The molecule has 0 amide bonds. The van der Waals surface area contributed by atoms with Crippen LogP contribution in [-0.4, -0.2) is 13.3 Å². The molecule has 2 N–H and O–H groups in total. The molecule has 0 spiro atoms. The highest BCUT2D eigenvalue weighted by atomic mass is 14.8. The minimum atomic E-state index is 0.921. The molecule has 2 heteroatoms. The van der Waals surface area contributed by atoms with Crippen LogP contribution in [0.25, 0.3) is 0 Å². The normalized spacial score (nSPS) is 8.23. The molecule has 0 fully saturated rings. The third-order valence-corrected chi connectivity index (χ3v) is 1.39. The van der Waals surface area contributed by atoms with E-state index < -0.39 is 0 Å². The van der Waals surface area contributed by atoms with Crippen molar-refractivity contribution in [2.24, 2.45) is 0 Å². The first-order valence-electron chi connectivity index (χ1n) is 4.57. The van der Waals surface area contributed by atoms with Crippen LogP contribution in [0.15, 0.2) is 24.3 Å². The van der Waals surface area contributed by atoms with E-state index in [1.54, 1.807) is 0 Å². The summed E-state index contributed by atoms with van der Waals surface area (Å²) in [4.78, 5) is 0. The molecule has 0 saturated heterocycles. The van der Waals surface area contributed by atoms with Gasteiger partial charge in [-0.15, -0.1) is 0 Å². The van der Waals surface area contributed by atoms with Crippen molar-refractivity contribution in [3.63, 3.8) is 0 Å². The Morgan fingerprint density at radius 2 is 1.85 bits per heavy atom. The van der Waals surface area contributed by atoms with Gasteiger partial charge in [-0.2, -0.15) is 0 Å². The predicted octanol–water partition coefficient (Wildman–Crippen LogP) is 3.14. The Bertz CT molecular complexity index is 244. The Balaban J connectivity index is 0.000000424. The van der Waals surface area contributed by atoms with Crippen LogP contribution in [0, 0.1) is 5.41 Å². The van der Waals surface area contributed by atoms with E-state index in [2.05, 4.69) is 19.2 Å². The molecule has 13 heavy (non-hydrogen) atoms. The number of rotatable bonds is 2. The van der Waals surface area contributed by atoms with E-state index in [-0.39, 0.29) is 0 Å². The van der Waals surface area contributed by atoms with Crippen LogP contribution >= 0.6 is 0 Å². The maximum Gasteiger partial charge on any atom is 0.0426 e. The summed E-state index contributed by atoms with van der Waals surface area (Å²) in [6, 6.07) is 7.71. The number of anilines is 1. The molecule has 72 valence electrons. The average molecular weight is 178 g/mol. The van der Waals surface area contributed by atoms with E-state index in [0.717, 1.165) is 11.3 Å². The van der Waals surface area contributed by atoms with Crippen LogP contribution in [0.1, 0.15) is 25.8 Å². The van der Waals surface area contributed by atoms with Crippen molar-refractivity contribution >= 4 is 11.9 Å². The summed E-state index contributed by atoms with van der Waals surface area (Å²) in [7, 11) is 1.85. The third-order valence-electron chi connectivity index (χ3n) is 1.39. The smallest absolute Gasteiger partial charge is 0.0426 e. The molecular weight excluding hydrogens is 160 g/mol. The van der Waals surface area contributed by atoms with Gasteiger partial charge in [0.1, 0.15) is 0 Å². The van der Waals surface area contributed by atoms with E-state index in [1.807, 2.05) is 31.3 Å². The Morgan fingerprint density at radius 3 is 2.23 bits per heavy atom. The van der Waals surface area contributed by atoms with Crippen LogP contribution in [0.2, 0.25) is 0 Å². The highest BCUT2D eigenvalue weighted by molar-refractivity contribution is 5.85. The number of benzene rings is 1. The van der Waals surface area contributed by atoms with E-state index in [9.17, 15) is 0 Å². The van der Waals surface area contributed by atoms with Crippen LogP contribution in [0.3, 0.4) is 0 Å². The first kappa shape index (κ1) is 11.7. The monoisotopic (exact) mass is 178 g/mol. The molecule has 0 saturated carbocycles. The third kappa shape index (κ3) is 4.31. The first-order valence-corrected chi connectivity index (χ1v) is 4.57. The largest absolute Gasteiger partial charge is 0.388 e. The van der Waals surface area contributed by atoms with Gasteiger partial charge in [-0.25, -0.2) is 0 Å². The fourth-order valence-corrected chi connectivity index (χ4v) is 0.851. The highest BCUT2D eigenvalue weighted by Gasteiger charge is 1.92. The van der Waals surface area contributed by atoms with Gasteiger partial charge in [-0.1, -0.05) is 38.5 Å². The Kier molecular flexibility index (Phi) is 6.60. The summed E-state index contributed by atoms with van der Waals surface area (Å²) in [6.45, 7) is 4.25. The number of hydrogen-bond donors (Lipinski definition) is 2. The second-order valence-electron chi connectivity index (χ2n) is 2.69. The molecule has 1 aromatic rings. The van der Waals surface area contributed by atoms with E-state index in [1.165, 1.54) is 12.6 Å². The molecule has 1 rings (SSSR count). The molecule has 0 aliphatic rings. The fraction of sp³-hybridized carbons (Fsp3) is 0.364. The highest BCUT2D eigenvalue weighted by Crippen LogP contribution is 2.10. The maximum absolute atomic E-state index is 7.02. The molecule has 0 aliphatic carbocycles. The predicted molar refractivity (Wildman–Crippen MR) is 59.8 cm³/mol. The van der Waals surface area contributed by atoms with Gasteiger partial charge < -0.3 is 10.7 Å². The lowest BCUT2D eigenvalue weighted by Crippen LogP contribution is -1.92. The summed E-state index contributed by atoms with van der Waals surface area (Å²) < 4.78 is 0. The molecule has 1 aromatic carbocycles. The van der Waals surface area contributed by atoms with Crippen molar-refractivity contribution in [1.29, 1.82) is 5.41 Å². The molecular formula is C11H18N2. The Labute approximate surface area is 80.5 Å². The lowest BCUT2D eigenvalue weighted by Gasteiger charge is -2.01. The molecule has 0 unspecified atom stereocenters. The van der Waals surface area contributed by atoms with Crippen LogP contribution in [0.4, 0.5) is 5.69 Å². The molecule has 0 aliphatic heterocycles. The lowest BCUT2D eigenvalue weighted by molar-refractivity contribution is 1.09. The van der Waals surface area contributed by atoms with Crippen LogP contribution in [-0.2, 0) is 0 Å². The Morgan fingerprint density at radius 1 is 1.31 bits per heavy atom. The minimum Gasteiger partial charge on any atom is -0.388 e. The first-order chi connectivity index (χ1) is 6.29. The zero-order valence-corrected chi connectivity index (χ0v) is 8.59. The van der Waals surface area contributed by atoms with E-state index >= 15 is 0 Å². The zero-order chi connectivity index (χ0) is 10.1. The van der Waals surface area contributed by atoms with E-state index in [0.29, 0.717) is 0 Å². The second-order valence-corrected chi connectivity index (χ2v) is 2.69. The zero-order valence-electron chi connectivity index (χ0n) is 8.59. The van der Waals surface area contributed by atoms with Crippen molar-refractivity contribution in [2.45, 2.75) is 20.3 Å². The maximum atomic E-state index is 7.02. The number of hydrogen-bond acceptors (Lipinski definition) is 2. The quantitative estimate of drug-likeness (QED) is 0.670. The molecule has 0 radical (unpaired) electrons. The van der Waals surface area contributed by atoms with Crippen molar-refractivity contribution in [1.82, 2.24) is 0 Å². The van der Waals surface area contributed by atoms with Crippen molar-refractivity contribution < 1.29 is 0 Å². The summed E-state index contributed by atoms with van der Waals surface area (Å²) in [5.41, 5.74) is 1.92. The van der Waals surface area contributed by atoms with Crippen molar-refractivity contribution in [3.05, 3.63) is 29.8 Å². The molecule has 0 heterocycles. The standard InChI is InChI=1S/C8H10N2.C3H8/c1-10-8-5-3-2-4-7(8)6-9;1-3-2/h2-6,9-10H,1H3;3H2,1-2H3. The van der Waals surface area contributed by atoms with Crippen LogP contribution < -0.4 is 5.32 Å². The average Bonchev–Trinajstić information content (AvgIpc) is 2.19. The van der Waals surface area contributed by atoms with Gasteiger partial charge in [-0.3, -0.25) is 0 Å². The molecule has 0 aromatic heterocycles. The molecule has 0 bridgehead atoms. The molecule has 0 atom stereocenters. The van der Waals surface area contributed by atoms with Gasteiger partial charge in [-0.05, 0) is 6.07 Å². The summed E-state index contributed by atoms with van der Waals surface area (Å²) in [6.07, 6.45) is 2.59. The summed E-state index contributed by atoms with van der Waals surface area (Å²) >= 11 is 0.